The minimum Gasteiger partial charge on any atom is -0.355 e. The molecule has 2 aliphatic heterocycles. The molecule has 0 aromatic carbocycles. The molecule has 0 spiro atoms. The number of rotatable bonds is 2. The van der Waals surface area contributed by atoms with E-state index >= 15 is 0 Å². The first-order valence-electron chi connectivity index (χ1n) is 6.09. The molecule has 5 nitrogen and oxygen atoms in total. The Balaban J connectivity index is 0.00000144. The van der Waals surface area contributed by atoms with Gasteiger partial charge in [-0.25, -0.2) is 0 Å². The summed E-state index contributed by atoms with van der Waals surface area (Å²) in [5, 5.41) is 6.73. The highest BCUT2D eigenvalue weighted by Gasteiger charge is 2.22. The van der Waals surface area contributed by atoms with Crippen LogP contribution >= 0.6 is 24.0 Å². The lowest BCUT2D eigenvalue weighted by Crippen LogP contribution is -2.55. The first-order valence-corrected chi connectivity index (χ1v) is 6.09. The van der Waals surface area contributed by atoms with E-state index in [1.54, 1.807) is 0 Å². The summed E-state index contributed by atoms with van der Waals surface area (Å²) in [7, 11) is 4.39. The Kier molecular flexibility index (Phi) is 5.94. The van der Waals surface area contributed by atoms with Gasteiger partial charge < -0.3 is 15.5 Å². The molecule has 1 saturated heterocycles. The van der Waals surface area contributed by atoms with Crippen LogP contribution < -0.4 is 10.6 Å². The molecule has 2 aliphatic rings. The third kappa shape index (κ3) is 4.26. The summed E-state index contributed by atoms with van der Waals surface area (Å²) in [6.07, 6.45) is 0. The van der Waals surface area contributed by atoms with Crippen LogP contribution in [-0.4, -0.2) is 74.7 Å². The predicted octanol–water partition coefficient (Wildman–Crippen LogP) is -0.212. The van der Waals surface area contributed by atoms with Crippen molar-refractivity contribution < 1.29 is 0 Å². The van der Waals surface area contributed by atoms with E-state index in [9.17, 15) is 0 Å². The molecule has 2 heterocycles. The van der Waals surface area contributed by atoms with Gasteiger partial charge in [0.25, 0.3) is 0 Å². The van der Waals surface area contributed by atoms with E-state index in [1.165, 1.54) is 6.54 Å². The van der Waals surface area contributed by atoms with Crippen molar-refractivity contribution in [1.29, 1.82) is 0 Å². The van der Waals surface area contributed by atoms with Gasteiger partial charge in [0.15, 0.2) is 5.96 Å². The van der Waals surface area contributed by atoms with Gasteiger partial charge in [0.1, 0.15) is 0 Å². The number of piperazine rings is 1. The van der Waals surface area contributed by atoms with Crippen LogP contribution in [-0.2, 0) is 0 Å². The molecule has 100 valence electrons. The van der Waals surface area contributed by atoms with Gasteiger partial charge >= 0.3 is 0 Å². The molecule has 0 amide bonds. The molecule has 0 radical (unpaired) electrons. The summed E-state index contributed by atoms with van der Waals surface area (Å²) in [5.41, 5.74) is 0. The summed E-state index contributed by atoms with van der Waals surface area (Å²) in [4.78, 5) is 9.22. The molecular weight excluding hydrogens is 329 g/mol. The van der Waals surface area contributed by atoms with Crippen LogP contribution in [0.3, 0.4) is 0 Å². The quantitative estimate of drug-likeness (QED) is 0.675. The molecule has 0 aromatic heterocycles. The zero-order valence-electron chi connectivity index (χ0n) is 10.9. The molecule has 0 bridgehead atoms. The van der Waals surface area contributed by atoms with Crippen molar-refractivity contribution in [1.82, 2.24) is 20.4 Å². The summed E-state index contributed by atoms with van der Waals surface area (Å²) >= 11 is 0. The Labute approximate surface area is 121 Å². The predicted molar refractivity (Wildman–Crippen MR) is 82.2 cm³/mol. The fraction of sp³-hybridized carbons (Fsp3) is 0.909. The van der Waals surface area contributed by atoms with Crippen molar-refractivity contribution in [3.8, 4) is 0 Å². The van der Waals surface area contributed by atoms with E-state index in [0.29, 0.717) is 12.1 Å². The largest absolute Gasteiger partial charge is 0.355 e. The number of guanidine groups is 1. The van der Waals surface area contributed by atoms with E-state index in [0.717, 1.165) is 32.1 Å². The van der Waals surface area contributed by atoms with E-state index < -0.39 is 0 Å². The average Bonchev–Trinajstić information content (AvgIpc) is 2.66. The van der Waals surface area contributed by atoms with Crippen LogP contribution in [0.2, 0.25) is 0 Å². The minimum atomic E-state index is 0. The van der Waals surface area contributed by atoms with E-state index in [2.05, 4.69) is 46.4 Å². The van der Waals surface area contributed by atoms with E-state index in [4.69, 9.17) is 0 Å². The lowest BCUT2D eigenvalue weighted by atomic mass is 10.2. The summed E-state index contributed by atoms with van der Waals surface area (Å²) in [5.74, 6) is 0.967. The average molecular weight is 353 g/mol. The molecule has 2 N–H and O–H groups in total. The first-order chi connectivity index (χ1) is 7.65. The van der Waals surface area contributed by atoms with Crippen molar-refractivity contribution in [3.63, 3.8) is 0 Å². The number of halogens is 1. The molecule has 1 fully saturated rings. The summed E-state index contributed by atoms with van der Waals surface area (Å²) in [6, 6.07) is 1.06. The number of hydrogen-bond donors (Lipinski definition) is 2. The Morgan fingerprint density at radius 3 is 2.82 bits per heavy atom. The van der Waals surface area contributed by atoms with Crippen molar-refractivity contribution >= 4 is 29.9 Å². The number of nitrogens with one attached hydrogen (secondary N) is 2. The molecule has 0 aromatic rings. The Bertz CT molecular complexity index is 271. The topological polar surface area (TPSA) is 42.9 Å². The molecule has 17 heavy (non-hydrogen) atoms. The summed E-state index contributed by atoms with van der Waals surface area (Å²) < 4.78 is 0. The van der Waals surface area contributed by atoms with Crippen LogP contribution in [0.1, 0.15) is 6.92 Å². The number of hydrogen-bond acceptors (Lipinski definition) is 5. The van der Waals surface area contributed by atoms with Gasteiger partial charge in [-0.1, -0.05) is 0 Å². The van der Waals surface area contributed by atoms with Crippen molar-refractivity contribution in [2.75, 3.05) is 46.8 Å². The normalized spacial score (nSPS) is 30.4. The van der Waals surface area contributed by atoms with Gasteiger partial charge in [0.05, 0.1) is 6.54 Å². The fourth-order valence-corrected chi connectivity index (χ4v) is 2.20. The van der Waals surface area contributed by atoms with Crippen LogP contribution in [0.5, 0.6) is 0 Å². The van der Waals surface area contributed by atoms with E-state index in [1.807, 2.05) is 0 Å². The highest BCUT2D eigenvalue weighted by molar-refractivity contribution is 14.0. The van der Waals surface area contributed by atoms with Gasteiger partial charge in [-0.2, -0.15) is 0 Å². The van der Waals surface area contributed by atoms with Crippen LogP contribution in [0.4, 0.5) is 0 Å². The Hall–Kier alpha value is -0.0800. The maximum Gasteiger partial charge on any atom is 0.191 e. The standard InChI is InChI=1S/C11H23N5.HI/c1-9-6-12-11(14-9)13-7-10-8-15(2)4-5-16(10)3;/h9-10H,4-8H2,1-3H3,(H2,12,13,14);1H. The monoisotopic (exact) mass is 353 g/mol. The Morgan fingerprint density at radius 2 is 2.18 bits per heavy atom. The zero-order chi connectivity index (χ0) is 11.5. The van der Waals surface area contributed by atoms with Gasteiger partial charge in [0, 0.05) is 38.3 Å². The molecule has 0 aliphatic carbocycles. The zero-order valence-corrected chi connectivity index (χ0v) is 13.3. The number of aliphatic imine (C=N–C) groups is 1. The lowest BCUT2D eigenvalue weighted by Gasteiger charge is -2.37. The third-order valence-electron chi connectivity index (χ3n) is 3.39. The molecule has 2 rings (SSSR count). The second-order valence-electron chi connectivity index (χ2n) is 5.01. The second-order valence-corrected chi connectivity index (χ2v) is 5.01. The molecule has 0 saturated carbocycles. The first kappa shape index (κ1) is 15.0. The fourth-order valence-electron chi connectivity index (χ4n) is 2.20. The van der Waals surface area contributed by atoms with Crippen LogP contribution in [0.15, 0.2) is 4.99 Å². The maximum absolute atomic E-state index is 4.41. The second kappa shape index (κ2) is 6.75. The smallest absolute Gasteiger partial charge is 0.191 e. The van der Waals surface area contributed by atoms with E-state index in [-0.39, 0.29) is 24.0 Å². The van der Waals surface area contributed by atoms with Crippen molar-refractivity contribution in [3.05, 3.63) is 0 Å². The van der Waals surface area contributed by atoms with Gasteiger partial charge in [-0.3, -0.25) is 9.89 Å². The Morgan fingerprint density at radius 1 is 1.41 bits per heavy atom. The van der Waals surface area contributed by atoms with Gasteiger partial charge in [0.2, 0.25) is 0 Å². The molecule has 2 atom stereocenters. The van der Waals surface area contributed by atoms with Gasteiger partial charge in [-0.05, 0) is 21.0 Å². The number of likely N-dealkylation sites (N-methyl/N-ethyl adjacent to an activating group) is 2. The minimum absolute atomic E-state index is 0. The lowest BCUT2D eigenvalue weighted by molar-refractivity contribution is 0.116. The van der Waals surface area contributed by atoms with Crippen LogP contribution in [0.25, 0.3) is 0 Å². The highest BCUT2D eigenvalue weighted by Crippen LogP contribution is 2.04. The van der Waals surface area contributed by atoms with Crippen LogP contribution in [0, 0.1) is 0 Å². The molecular formula is C11H24IN5. The SMILES string of the molecule is CC1CN=C(NCC2CN(C)CCN2C)N1.I. The third-order valence-corrected chi connectivity index (χ3v) is 3.39. The summed E-state index contributed by atoms with van der Waals surface area (Å²) in [6.45, 7) is 7.47. The number of nitrogens with zero attached hydrogens (tertiary/aromatic N) is 3. The molecule has 6 heteroatoms. The highest BCUT2D eigenvalue weighted by atomic mass is 127. The maximum atomic E-state index is 4.41. The molecule has 2 unspecified atom stereocenters. The van der Waals surface area contributed by atoms with Gasteiger partial charge in [-0.15, -0.1) is 24.0 Å². The van der Waals surface area contributed by atoms with Crippen molar-refractivity contribution in [2.45, 2.75) is 19.0 Å². The van der Waals surface area contributed by atoms with Crippen molar-refractivity contribution in [2.24, 2.45) is 4.99 Å².